The van der Waals surface area contributed by atoms with Gasteiger partial charge in [0.2, 0.25) is 0 Å². The van der Waals surface area contributed by atoms with E-state index in [-0.39, 0.29) is 0 Å². The Bertz CT molecular complexity index is 436. The van der Waals surface area contributed by atoms with Crippen molar-refractivity contribution in [1.29, 1.82) is 0 Å². The summed E-state index contributed by atoms with van der Waals surface area (Å²) in [5.74, 6) is 0.979. The van der Waals surface area contributed by atoms with Crippen molar-refractivity contribution in [2.45, 2.75) is 12.8 Å². The highest BCUT2D eigenvalue weighted by molar-refractivity contribution is 6.31. The molecule has 0 atom stereocenters. The average molecular weight is 210 g/mol. The summed E-state index contributed by atoms with van der Waals surface area (Å²) in [6, 6.07) is 7.66. The Hall–Kier alpha value is -0.990. The van der Waals surface area contributed by atoms with Gasteiger partial charge in [-0.25, -0.2) is 0 Å². The molecule has 0 saturated carbocycles. The SMILES string of the molecule is NCCCc1cc2cc(Cl)ccc2o1. The zero-order chi connectivity index (χ0) is 9.97. The molecule has 2 aromatic rings. The van der Waals surface area contributed by atoms with E-state index in [9.17, 15) is 0 Å². The number of benzene rings is 1. The zero-order valence-corrected chi connectivity index (χ0v) is 8.55. The Kier molecular flexibility index (Phi) is 2.75. The van der Waals surface area contributed by atoms with Crippen LogP contribution in [0.4, 0.5) is 0 Å². The van der Waals surface area contributed by atoms with Crippen molar-refractivity contribution in [1.82, 2.24) is 0 Å². The molecule has 3 heteroatoms. The molecule has 74 valence electrons. The third kappa shape index (κ3) is 1.91. The smallest absolute Gasteiger partial charge is 0.134 e. The number of aryl methyl sites for hydroxylation is 1. The number of furan rings is 1. The summed E-state index contributed by atoms with van der Waals surface area (Å²) < 4.78 is 5.61. The average Bonchev–Trinajstić information content (AvgIpc) is 2.56. The fourth-order valence-corrected chi connectivity index (χ4v) is 1.65. The summed E-state index contributed by atoms with van der Waals surface area (Å²) in [7, 11) is 0. The molecule has 0 aliphatic carbocycles. The first-order valence-electron chi connectivity index (χ1n) is 4.67. The van der Waals surface area contributed by atoms with E-state index in [1.807, 2.05) is 24.3 Å². The second-order valence-electron chi connectivity index (χ2n) is 3.29. The van der Waals surface area contributed by atoms with Crippen molar-refractivity contribution in [2.24, 2.45) is 5.73 Å². The molecular formula is C11H12ClNO. The molecule has 2 rings (SSSR count). The van der Waals surface area contributed by atoms with Gasteiger partial charge in [0.25, 0.3) is 0 Å². The summed E-state index contributed by atoms with van der Waals surface area (Å²) in [5.41, 5.74) is 6.32. The monoisotopic (exact) mass is 209 g/mol. The van der Waals surface area contributed by atoms with Crippen molar-refractivity contribution in [2.75, 3.05) is 6.54 Å². The molecule has 2 nitrogen and oxygen atoms in total. The molecule has 0 aliphatic rings. The maximum absolute atomic E-state index is 5.87. The Labute approximate surface area is 87.6 Å². The van der Waals surface area contributed by atoms with Crippen molar-refractivity contribution >= 4 is 22.6 Å². The molecule has 0 bridgehead atoms. The lowest BCUT2D eigenvalue weighted by atomic mass is 10.2. The topological polar surface area (TPSA) is 39.2 Å². The van der Waals surface area contributed by atoms with Gasteiger partial charge in [0.1, 0.15) is 11.3 Å². The van der Waals surface area contributed by atoms with Crippen molar-refractivity contribution in [3.8, 4) is 0 Å². The van der Waals surface area contributed by atoms with Crippen LogP contribution in [0, 0.1) is 0 Å². The van der Waals surface area contributed by atoms with Crippen LogP contribution in [0.15, 0.2) is 28.7 Å². The number of halogens is 1. The number of fused-ring (bicyclic) bond motifs is 1. The van der Waals surface area contributed by atoms with Gasteiger partial charge in [-0.05, 0) is 37.2 Å². The fourth-order valence-electron chi connectivity index (χ4n) is 1.47. The lowest BCUT2D eigenvalue weighted by Crippen LogP contribution is -1.99. The van der Waals surface area contributed by atoms with Crippen LogP contribution < -0.4 is 5.73 Å². The molecule has 2 N–H and O–H groups in total. The van der Waals surface area contributed by atoms with Crippen LogP contribution in [0.1, 0.15) is 12.2 Å². The summed E-state index contributed by atoms with van der Waals surface area (Å²) >= 11 is 5.87. The standard InChI is InChI=1S/C11H12ClNO/c12-9-3-4-11-8(6-9)7-10(14-11)2-1-5-13/h3-4,6-7H,1-2,5,13H2. The van der Waals surface area contributed by atoms with E-state index in [1.165, 1.54) is 0 Å². The molecule has 0 spiro atoms. The first kappa shape index (κ1) is 9.56. The van der Waals surface area contributed by atoms with E-state index in [2.05, 4.69) is 0 Å². The predicted octanol–water partition coefficient (Wildman–Crippen LogP) is 2.98. The highest BCUT2D eigenvalue weighted by atomic mass is 35.5. The first-order valence-corrected chi connectivity index (χ1v) is 5.05. The molecule has 0 aliphatic heterocycles. The van der Waals surface area contributed by atoms with Crippen LogP contribution in [0.2, 0.25) is 5.02 Å². The molecule has 0 unspecified atom stereocenters. The van der Waals surface area contributed by atoms with Gasteiger partial charge in [-0.15, -0.1) is 0 Å². The minimum atomic E-state index is 0.692. The normalized spacial score (nSPS) is 11.0. The van der Waals surface area contributed by atoms with E-state index in [0.717, 1.165) is 34.6 Å². The summed E-state index contributed by atoms with van der Waals surface area (Å²) in [6.07, 6.45) is 1.84. The van der Waals surface area contributed by atoms with E-state index in [4.69, 9.17) is 21.8 Å². The van der Waals surface area contributed by atoms with Gasteiger partial charge in [-0.2, -0.15) is 0 Å². The number of rotatable bonds is 3. The van der Waals surface area contributed by atoms with E-state index >= 15 is 0 Å². The van der Waals surface area contributed by atoms with Gasteiger partial charge in [0.15, 0.2) is 0 Å². The molecule has 0 amide bonds. The predicted molar refractivity (Wildman–Crippen MR) is 58.6 cm³/mol. The van der Waals surface area contributed by atoms with Crippen LogP contribution in [-0.4, -0.2) is 6.54 Å². The van der Waals surface area contributed by atoms with Crippen molar-refractivity contribution < 1.29 is 4.42 Å². The minimum absolute atomic E-state index is 0.692. The summed E-state index contributed by atoms with van der Waals surface area (Å²) in [4.78, 5) is 0. The van der Waals surface area contributed by atoms with Gasteiger partial charge in [-0.1, -0.05) is 11.6 Å². The lowest BCUT2D eigenvalue weighted by Gasteiger charge is -1.91. The molecule has 14 heavy (non-hydrogen) atoms. The van der Waals surface area contributed by atoms with Crippen LogP contribution in [0.3, 0.4) is 0 Å². The van der Waals surface area contributed by atoms with Gasteiger partial charge in [0, 0.05) is 16.8 Å². The maximum atomic E-state index is 5.87. The second kappa shape index (κ2) is 4.03. The Morgan fingerprint density at radius 1 is 1.29 bits per heavy atom. The van der Waals surface area contributed by atoms with Gasteiger partial charge in [-0.3, -0.25) is 0 Å². The van der Waals surface area contributed by atoms with Gasteiger partial charge in [0.05, 0.1) is 0 Å². The maximum Gasteiger partial charge on any atom is 0.134 e. The van der Waals surface area contributed by atoms with E-state index < -0.39 is 0 Å². The fraction of sp³-hybridized carbons (Fsp3) is 0.273. The van der Waals surface area contributed by atoms with Gasteiger partial charge < -0.3 is 10.2 Å². The van der Waals surface area contributed by atoms with Gasteiger partial charge >= 0.3 is 0 Å². The van der Waals surface area contributed by atoms with Crippen molar-refractivity contribution in [3.63, 3.8) is 0 Å². The Balaban J connectivity index is 2.32. The quantitative estimate of drug-likeness (QED) is 0.844. The first-order chi connectivity index (χ1) is 6.79. The summed E-state index contributed by atoms with van der Waals surface area (Å²) in [6.45, 7) is 0.692. The highest BCUT2D eigenvalue weighted by Gasteiger charge is 2.03. The largest absolute Gasteiger partial charge is 0.461 e. The van der Waals surface area contributed by atoms with Crippen molar-refractivity contribution in [3.05, 3.63) is 35.0 Å². The van der Waals surface area contributed by atoms with E-state index in [0.29, 0.717) is 6.54 Å². The Morgan fingerprint density at radius 3 is 2.93 bits per heavy atom. The van der Waals surface area contributed by atoms with Crippen LogP contribution in [0.25, 0.3) is 11.0 Å². The molecule has 1 heterocycles. The third-order valence-electron chi connectivity index (χ3n) is 2.16. The molecular weight excluding hydrogens is 198 g/mol. The third-order valence-corrected chi connectivity index (χ3v) is 2.39. The summed E-state index contributed by atoms with van der Waals surface area (Å²) in [5, 5.41) is 1.80. The minimum Gasteiger partial charge on any atom is -0.461 e. The molecule has 0 saturated heterocycles. The molecule has 0 fully saturated rings. The molecule has 1 aromatic heterocycles. The molecule has 1 aromatic carbocycles. The number of hydrogen-bond donors (Lipinski definition) is 1. The zero-order valence-electron chi connectivity index (χ0n) is 7.79. The lowest BCUT2D eigenvalue weighted by molar-refractivity contribution is 0.540. The van der Waals surface area contributed by atoms with Crippen LogP contribution >= 0.6 is 11.6 Å². The Morgan fingerprint density at radius 2 is 2.14 bits per heavy atom. The second-order valence-corrected chi connectivity index (χ2v) is 3.72. The molecule has 0 radical (unpaired) electrons. The highest BCUT2D eigenvalue weighted by Crippen LogP contribution is 2.23. The van der Waals surface area contributed by atoms with E-state index in [1.54, 1.807) is 0 Å². The number of hydrogen-bond acceptors (Lipinski definition) is 2. The van der Waals surface area contributed by atoms with Crippen LogP contribution in [0.5, 0.6) is 0 Å². The van der Waals surface area contributed by atoms with Crippen LogP contribution in [-0.2, 0) is 6.42 Å². The number of nitrogens with two attached hydrogens (primary N) is 1.